The van der Waals surface area contributed by atoms with Gasteiger partial charge in [0.25, 0.3) is 0 Å². The van der Waals surface area contributed by atoms with Crippen molar-refractivity contribution >= 4 is 11.8 Å². The molecule has 4 heterocycles. The highest BCUT2D eigenvalue weighted by Crippen LogP contribution is 2.32. The van der Waals surface area contributed by atoms with E-state index >= 15 is 0 Å². The molecule has 0 radical (unpaired) electrons. The van der Waals surface area contributed by atoms with Gasteiger partial charge in [0.15, 0.2) is 0 Å². The lowest BCUT2D eigenvalue weighted by Crippen LogP contribution is -2.56. The summed E-state index contributed by atoms with van der Waals surface area (Å²) in [4.78, 5) is 16.6. The van der Waals surface area contributed by atoms with Crippen molar-refractivity contribution in [1.82, 2.24) is 14.9 Å². The van der Waals surface area contributed by atoms with Crippen molar-refractivity contribution in [1.29, 1.82) is 0 Å². The number of anilines is 2. The highest BCUT2D eigenvalue weighted by molar-refractivity contribution is 5.47. The number of likely N-dealkylation sites (tertiary alicyclic amines) is 1. The number of aryl methyl sites for hydroxylation is 1. The third-order valence-electron chi connectivity index (χ3n) is 5.59. The number of rotatable bonds is 2. The summed E-state index contributed by atoms with van der Waals surface area (Å²) in [5, 5.41) is 0. The molecular formula is C18H29N5O2. The summed E-state index contributed by atoms with van der Waals surface area (Å²) >= 11 is 0. The molecule has 0 saturated carbocycles. The van der Waals surface area contributed by atoms with Crippen molar-refractivity contribution in [3.63, 3.8) is 0 Å². The van der Waals surface area contributed by atoms with Crippen LogP contribution in [-0.2, 0) is 9.47 Å². The molecule has 3 saturated heterocycles. The van der Waals surface area contributed by atoms with Gasteiger partial charge in [-0.3, -0.25) is 0 Å². The molecule has 1 aromatic heterocycles. The van der Waals surface area contributed by atoms with Crippen molar-refractivity contribution in [3.8, 4) is 0 Å². The molecule has 0 bridgehead atoms. The normalized spacial score (nSPS) is 24.7. The zero-order chi connectivity index (χ0) is 17.3. The summed E-state index contributed by atoms with van der Waals surface area (Å²) in [6.45, 7) is 10.1. The Morgan fingerprint density at radius 2 is 1.68 bits per heavy atom. The van der Waals surface area contributed by atoms with Crippen LogP contribution in [-0.4, -0.2) is 86.6 Å². The summed E-state index contributed by atoms with van der Waals surface area (Å²) in [5.41, 5.74) is 1.01. The summed E-state index contributed by atoms with van der Waals surface area (Å²) in [6, 6.07) is 2.11. The van der Waals surface area contributed by atoms with E-state index < -0.39 is 0 Å². The first-order valence-electron chi connectivity index (χ1n) is 9.39. The van der Waals surface area contributed by atoms with Gasteiger partial charge in [-0.1, -0.05) is 0 Å². The number of morpholine rings is 2. The molecule has 3 aliphatic heterocycles. The van der Waals surface area contributed by atoms with Crippen LogP contribution in [0, 0.1) is 6.92 Å². The second kappa shape index (κ2) is 7.05. The number of hydrogen-bond acceptors (Lipinski definition) is 7. The predicted molar refractivity (Wildman–Crippen MR) is 97.4 cm³/mol. The molecule has 0 N–H and O–H groups in total. The quantitative estimate of drug-likeness (QED) is 0.788. The van der Waals surface area contributed by atoms with E-state index in [4.69, 9.17) is 14.5 Å². The van der Waals surface area contributed by atoms with Crippen LogP contribution < -0.4 is 9.80 Å². The van der Waals surface area contributed by atoms with Crippen LogP contribution in [0.15, 0.2) is 6.07 Å². The van der Waals surface area contributed by atoms with Gasteiger partial charge in [0.05, 0.1) is 25.4 Å². The van der Waals surface area contributed by atoms with Gasteiger partial charge in [0.1, 0.15) is 5.82 Å². The summed E-state index contributed by atoms with van der Waals surface area (Å²) < 4.78 is 11.7. The lowest BCUT2D eigenvalue weighted by atomic mass is 9.89. The van der Waals surface area contributed by atoms with Crippen LogP contribution in [0.2, 0.25) is 0 Å². The smallest absolute Gasteiger partial charge is 0.227 e. The largest absolute Gasteiger partial charge is 0.378 e. The zero-order valence-electron chi connectivity index (χ0n) is 15.4. The maximum atomic E-state index is 6.24. The minimum absolute atomic E-state index is 0.0112. The Kier molecular flexibility index (Phi) is 4.80. The predicted octanol–water partition coefficient (Wildman–Crippen LogP) is 0.923. The maximum absolute atomic E-state index is 6.24. The van der Waals surface area contributed by atoms with Gasteiger partial charge in [-0.15, -0.1) is 0 Å². The lowest BCUT2D eigenvalue weighted by molar-refractivity contribution is -0.0884. The van der Waals surface area contributed by atoms with Crippen molar-refractivity contribution in [2.24, 2.45) is 0 Å². The highest BCUT2D eigenvalue weighted by Gasteiger charge is 2.39. The Balaban J connectivity index is 1.53. The molecule has 7 heteroatoms. The van der Waals surface area contributed by atoms with Crippen molar-refractivity contribution < 1.29 is 9.47 Å². The summed E-state index contributed by atoms with van der Waals surface area (Å²) in [7, 11) is 2.19. The van der Waals surface area contributed by atoms with E-state index in [2.05, 4.69) is 39.7 Å². The number of hydrogen-bond donors (Lipinski definition) is 0. The van der Waals surface area contributed by atoms with Crippen molar-refractivity contribution in [2.75, 3.05) is 75.9 Å². The molecule has 4 rings (SSSR count). The van der Waals surface area contributed by atoms with E-state index in [1.54, 1.807) is 0 Å². The minimum Gasteiger partial charge on any atom is -0.378 e. The van der Waals surface area contributed by atoms with E-state index in [9.17, 15) is 0 Å². The van der Waals surface area contributed by atoms with Crippen molar-refractivity contribution in [2.45, 2.75) is 25.4 Å². The maximum Gasteiger partial charge on any atom is 0.227 e. The fourth-order valence-electron chi connectivity index (χ4n) is 3.97. The minimum atomic E-state index is -0.0112. The molecule has 3 aliphatic rings. The van der Waals surface area contributed by atoms with Gasteiger partial charge in [-0.05, 0) is 26.8 Å². The van der Waals surface area contributed by atoms with E-state index in [-0.39, 0.29) is 5.60 Å². The Labute approximate surface area is 149 Å². The van der Waals surface area contributed by atoms with E-state index in [0.29, 0.717) is 0 Å². The van der Waals surface area contributed by atoms with Crippen LogP contribution in [0.1, 0.15) is 18.5 Å². The molecule has 25 heavy (non-hydrogen) atoms. The fraction of sp³-hybridized carbons (Fsp3) is 0.778. The highest BCUT2D eigenvalue weighted by atomic mass is 16.5. The first-order valence-corrected chi connectivity index (χ1v) is 9.39. The van der Waals surface area contributed by atoms with Crippen molar-refractivity contribution in [3.05, 3.63) is 11.8 Å². The van der Waals surface area contributed by atoms with Crippen LogP contribution in [0.5, 0.6) is 0 Å². The standard InChI is InChI=1S/C18H29N5O2/c1-15-13-16(20-17(19-15)22-7-10-24-11-8-22)23-9-12-25-18(14-23)3-5-21(2)6-4-18/h13H,3-12,14H2,1-2H3. The second-order valence-electron chi connectivity index (χ2n) is 7.52. The van der Waals surface area contributed by atoms with E-state index in [1.165, 1.54) is 0 Å². The number of piperidine rings is 1. The molecule has 0 atom stereocenters. The van der Waals surface area contributed by atoms with Gasteiger partial charge in [0, 0.05) is 51.0 Å². The van der Waals surface area contributed by atoms with Crippen LogP contribution in [0.3, 0.4) is 0 Å². The third-order valence-corrected chi connectivity index (χ3v) is 5.59. The van der Waals surface area contributed by atoms with Crippen LogP contribution in [0.4, 0.5) is 11.8 Å². The average Bonchev–Trinajstić information content (AvgIpc) is 2.65. The Bertz CT molecular complexity index is 597. The second-order valence-corrected chi connectivity index (χ2v) is 7.52. The van der Waals surface area contributed by atoms with Crippen LogP contribution >= 0.6 is 0 Å². The number of ether oxygens (including phenoxy) is 2. The first-order chi connectivity index (χ1) is 12.1. The SMILES string of the molecule is Cc1cc(N2CCOC3(CCN(C)CC3)C2)nc(N2CCOCC2)n1. The first kappa shape index (κ1) is 17.0. The molecule has 0 amide bonds. The lowest BCUT2D eigenvalue weighted by Gasteiger charge is -2.47. The number of aromatic nitrogens is 2. The topological polar surface area (TPSA) is 54.0 Å². The molecule has 1 aromatic rings. The molecule has 1 spiro atoms. The van der Waals surface area contributed by atoms with Gasteiger partial charge >= 0.3 is 0 Å². The molecule has 0 aromatic carbocycles. The van der Waals surface area contributed by atoms with Gasteiger partial charge in [-0.25, -0.2) is 4.98 Å². The van der Waals surface area contributed by atoms with E-state index in [0.717, 1.165) is 89.4 Å². The zero-order valence-corrected chi connectivity index (χ0v) is 15.4. The molecule has 0 aliphatic carbocycles. The Morgan fingerprint density at radius 3 is 2.44 bits per heavy atom. The molecular weight excluding hydrogens is 318 g/mol. The summed E-state index contributed by atoms with van der Waals surface area (Å²) in [5.74, 6) is 1.87. The van der Waals surface area contributed by atoms with Gasteiger partial charge in [0.2, 0.25) is 5.95 Å². The molecule has 3 fully saturated rings. The fourth-order valence-corrected chi connectivity index (χ4v) is 3.97. The number of nitrogens with zero attached hydrogens (tertiary/aromatic N) is 5. The molecule has 138 valence electrons. The Morgan fingerprint density at radius 1 is 0.960 bits per heavy atom. The van der Waals surface area contributed by atoms with Gasteiger partial charge < -0.3 is 24.2 Å². The van der Waals surface area contributed by atoms with E-state index in [1.807, 2.05) is 0 Å². The monoisotopic (exact) mass is 347 g/mol. The Hall–Kier alpha value is -1.44. The van der Waals surface area contributed by atoms with Crippen LogP contribution in [0.25, 0.3) is 0 Å². The summed E-state index contributed by atoms with van der Waals surface area (Å²) in [6.07, 6.45) is 2.20. The molecule has 7 nitrogen and oxygen atoms in total. The molecule has 0 unspecified atom stereocenters. The third kappa shape index (κ3) is 3.73. The average molecular weight is 347 g/mol. The van der Waals surface area contributed by atoms with Gasteiger partial charge in [-0.2, -0.15) is 4.98 Å².